The number of para-hydroxylation sites is 1. The van der Waals surface area contributed by atoms with Gasteiger partial charge in [0, 0.05) is 6.54 Å². The summed E-state index contributed by atoms with van der Waals surface area (Å²) in [6.45, 7) is 0.833. The van der Waals surface area contributed by atoms with Crippen LogP contribution in [0.4, 0.5) is 0 Å². The van der Waals surface area contributed by atoms with E-state index in [0.29, 0.717) is 29.8 Å². The molecule has 1 amide bonds. The molecule has 3 aromatic rings. The number of hydrogen-bond donors (Lipinski definition) is 1. The first-order chi connectivity index (χ1) is 13.0. The van der Waals surface area contributed by atoms with Gasteiger partial charge >= 0.3 is 0 Å². The van der Waals surface area contributed by atoms with E-state index in [0.717, 1.165) is 11.3 Å². The number of primary amides is 1. The Kier molecular flexibility index (Phi) is 5.52. The normalized spacial score (nSPS) is 11.1. The van der Waals surface area contributed by atoms with Crippen LogP contribution < -0.4 is 16.0 Å². The molecule has 0 unspecified atom stereocenters. The number of benzene rings is 2. The van der Waals surface area contributed by atoms with Crippen LogP contribution in [-0.4, -0.2) is 34.5 Å². The Morgan fingerprint density at radius 3 is 2.70 bits per heavy atom. The Morgan fingerprint density at radius 1 is 1.19 bits per heavy atom. The molecule has 2 aromatic carbocycles. The molecular weight excluding hydrogens is 344 g/mol. The van der Waals surface area contributed by atoms with Gasteiger partial charge in [-0.15, -0.1) is 0 Å². The Balaban J connectivity index is 1.92. The number of nitrogens with two attached hydrogens (primary N) is 1. The number of fused-ring (bicyclic) bond motifs is 1. The third kappa shape index (κ3) is 4.32. The largest absolute Gasteiger partial charge is 0.497 e. The molecule has 0 radical (unpaired) electrons. The van der Waals surface area contributed by atoms with Gasteiger partial charge in [0.15, 0.2) is 0 Å². The molecule has 0 saturated carbocycles. The summed E-state index contributed by atoms with van der Waals surface area (Å²) in [5, 5.41) is 0.470. The molecule has 0 fully saturated rings. The molecule has 0 aliphatic rings. The van der Waals surface area contributed by atoms with Gasteiger partial charge in [-0.25, -0.2) is 4.98 Å². The van der Waals surface area contributed by atoms with Gasteiger partial charge in [-0.2, -0.15) is 0 Å². The topological polar surface area (TPSA) is 90.4 Å². The van der Waals surface area contributed by atoms with E-state index in [4.69, 9.17) is 10.5 Å². The van der Waals surface area contributed by atoms with Crippen LogP contribution in [0.5, 0.6) is 5.75 Å². The van der Waals surface area contributed by atoms with Crippen LogP contribution in [-0.2, 0) is 24.4 Å². The second kappa shape index (κ2) is 8.01. The summed E-state index contributed by atoms with van der Waals surface area (Å²) in [5.74, 6) is 0.712. The molecule has 1 heterocycles. The lowest BCUT2D eigenvalue weighted by atomic mass is 10.2. The van der Waals surface area contributed by atoms with Gasteiger partial charge in [-0.05, 0) is 36.9 Å². The van der Waals surface area contributed by atoms with Gasteiger partial charge in [-0.1, -0.05) is 24.3 Å². The van der Waals surface area contributed by atoms with E-state index in [1.165, 1.54) is 4.57 Å². The summed E-state index contributed by atoms with van der Waals surface area (Å²) >= 11 is 0. The number of methoxy groups -OCH3 is 1. The molecular formula is C20H22N4O3. The number of rotatable bonds is 7. The molecule has 0 bridgehead atoms. The second-order valence-corrected chi connectivity index (χ2v) is 6.43. The van der Waals surface area contributed by atoms with Crippen LogP contribution in [0.2, 0.25) is 0 Å². The molecule has 27 heavy (non-hydrogen) atoms. The van der Waals surface area contributed by atoms with Crippen molar-refractivity contribution in [3.05, 3.63) is 70.3 Å². The number of aromatic nitrogens is 2. The van der Waals surface area contributed by atoms with Gasteiger partial charge in [0.25, 0.3) is 5.56 Å². The maximum atomic E-state index is 12.8. The number of nitrogens with zero attached hydrogens (tertiary/aromatic N) is 3. The highest BCUT2D eigenvalue weighted by atomic mass is 16.5. The Labute approximate surface area is 157 Å². The van der Waals surface area contributed by atoms with Gasteiger partial charge in [0.2, 0.25) is 5.91 Å². The van der Waals surface area contributed by atoms with E-state index in [9.17, 15) is 9.59 Å². The lowest BCUT2D eigenvalue weighted by Crippen LogP contribution is -2.33. The minimum absolute atomic E-state index is 0.195. The average Bonchev–Trinajstić information content (AvgIpc) is 2.64. The smallest absolute Gasteiger partial charge is 0.261 e. The molecule has 7 nitrogen and oxygen atoms in total. The van der Waals surface area contributed by atoms with Crippen molar-refractivity contribution in [2.75, 3.05) is 14.2 Å². The van der Waals surface area contributed by atoms with Crippen molar-refractivity contribution in [1.29, 1.82) is 0 Å². The fourth-order valence-corrected chi connectivity index (χ4v) is 3.03. The van der Waals surface area contributed by atoms with Crippen LogP contribution in [0.25, 0.3) is 10.9 Å². The quantitative estimate of drug-likeness (QED) is 0.685. The fraction of sp³-hybridized carbons (Fsp3) is 0.250. The van der Waals surface area contributed by atoms with E-state index in [1.54, 1.807) is 25.3 Å². The number of carbonyl (C=O) groups excluding carboxylic acids is 1. The molecule has 0 saturated heterocycles. The lowest BCUT2D eigenvalue weighted by molar-refractivity contribution is -0.118. The van der Waals surface area contributed by atoms with Crippen molar-refractivity contribution < 1.29 is 9.53 Å². The van der Waals surface area contributed by atoms with Crippen molar-refractivity contribution in [2.24, 2.45) is 5.73 Å². The maximum Gasteiger partial charge on any atom is 0.261 e. The van der Waals surface area contributed by atoms with Crippen molar-refractivity contribution >= 4 is 16.8 Å². The monoisotopic (exact) mass is 366 g/mol. The van der Waals surface area contributed by atoms with E-state index >= 15 is 0 Å². The highest BCUT2D eigenvalue weighted by Crippen LogP contribution is 2.15. The number of hydrogen-bond acceptors (Lipinski definition) is 5. The first kappa shape index (κ1) is 18.6. The number of ether oxygens (including phenoxy) is 1. The highest BCUT2D eigenvalue weighted by Gasteiger charge is 2.14. The molecule has 7 heteroatoms. The van der Waals surface area contributed by atoms with Crippen LogP contribution in [0.15, 0.2) is 53.3 Å². The molecule has 1 aromatic heterocycles. The van der Waals surface area contributed by atoms with Crippen molar-refractivity contribution in [1.82, 2.24) is 14.5 Å². The molecule has 140 valence electrons. The summed E-state index contributed by atoms with van der Waals surface area (Å²) in [6, 6.07) is 14.9. The van der Waals surface area contributed by atoms with Crippen molar-refractivity contribution in [2.45, 2.75) is 19.6 Å². The average molecular weight is 366 g/mol. The second-order valence-electron chi connectivity index (χ2n) is 6.43. The molecule has 0 aliphatic heterocycles. The zero-order chi connectivity index (χ0) is 19.4. The Hall–Kier alpha value is -3.19. The van der Waals surface area contributed by atoms with E-state index in [1.807, 2.05) is 42.3 Å². The van der Waals surface area contributed by atoms with Crippen molar-refractivity contribution in [3.8, 4) is 5.75 Å². The summed E-state index contributed by atoms with van der Waals surface area (Å²) in [4.78, 5) is 30.9. The van der Waals surface area contributed by atoms with Crippen LogP contribution in [0.3, 0.4) is 0 Å². The Bertz CT molecular complexity index is 1030. The Morgan fingerprint density at radius 2 is 1.96 bits per heavy atom. The van der Waals surface area contributed by atoms with E-state index < -0.39 is 5.91 Å². The maximum absolute atomic E-state index is 12.8. The minimum Gasteiger partial charge on any atom is -0.497 e. The zero-order valence-electron chi connectivity index (χ0n) is 15.4. The van der Waals surface area contributed by atoms with Gasteiger partial charge < -0.3 is 10.5 Å². The summed E-state index contributed by atoms with van der Waals surface area (Å²) in [5.41, 5.74) is 6.75. The standard InChI is InChI=1S/C20H22N4O3/c1-23(11-14-6-5-7-15(10-14)27-2)13-19-22-17-9-4-3-8-16(17)20(26)24(19)12-18(21)25/h3-10H,11-13H2,1-2H3,(H2,21,25). The lowest BCUT2D eigenvalue weighted by Gasteiger charge is -2.19. The molecule has 2 N–H and O–H groups in total. The summed E-state index contributed by atoms with van der Waals surface area (Å²) in [6.07, 6.45) is 0. The molecule has 0 atom stereocenters. The third-order valence-electron chi connectivity index (χ3n) is 4.25. The SMILES string of the molecule is COc1cccc(CN(C)Cc2nc3ccccc3c(=O)n2CC(N)=O)c1. The highest BCUT2D eigenvalue weighted by molar-refractivity contribution is 5.78. The fourth-order valence-electron chi connectivity index (χ4n) is 3.03. The molecule has 0 spiro atoms. The van der Waals surface area contributed by atoms with Crippen molar-refractivity contribution in [3.63, 3.8) is 0 Å². The zero-order valence-corrected chi connectivity index (χ0v) is 15.4. The van der Waals surface area contributed by atoms with Gasteiger partial charge in [-0.3, -0.25) is 19.1 Å². The number of carbonyl (C=O) groups is 1. The number of amides is 1. The summed E-state index contributed by atoms with van der Waals surface area (Å²) < 4.78 is 6.61. The first-order valence-electron chi connectivity index (χ1n) is 8.56. The predicted molar refractivity (Wildman–Crippen MR) is 103 cm³/mol. The molecule has 0 aliphatic carbocycles. The van der Waals surface area contributed by atoms with E-state index in [2.05, 4.69) is 4.98 Å². The van der Waals surface area contributed by atoms with Crippen LogP contribution in [0.1, 0.15) is 11.4 Å². The summed E-state index contributed by atoms with van der Waals surface area (Å²) in [7, 11) is 3.56. The van der Waals surface area contributed by atoms with Gasteiger partial charge in [0.1, 0.15) is 18.1 Å². The van der Waals surface area contributed by atoms with E-state index in [-0.39, 0.29) is 12.1 Å². The van der Waals surface area contributed by atoms with Crippen LogP contribution >= 0.6 is 0 Å². The van der Waals surface area contributed by atoms with Crippen LogP contribution in [0, 0.1) is 0 Å². The minimum atomic E-state index is -0.578. The third-order valence-corrected chi connectivity index (χ3v) is 4.25. The van der Waals surface area contributed by atoms with Gasteiger partial charge in [0.05, 0.1) is 24.6 Å². The predicted octanol–water partition coefficient (Wildman–Crippen LogP) is 1.52. The molecule has 3 rings (SSSR count). The first-order valence-corrected chi connectivity index (χ1v) is 8.56.